The lowest BCUT2D eigenvalue weighted by atomic mass is 9.97. The highest BCUT2D eigenvalue weighted by Crippen LogP contribution is 2.42. The summed E-state index contributed by atoms with van der Waals surface area (Å²) < 4.78 is 11.4. The molecule has 4 nitrogen and oxygen atoms in total. The van der Waals surface area contributed by atoms with Crippen molar-refractivity contribution in [1.29, 1.82) is 0 Å². The number of nitrogens with zero attached hydrogens (tertiary/aromatic N) is 3. The van der Waals surface area contributed by atoms with Gasteiger partial charge in [0, 0.05) is 53.5 Å². The van der Waals surface area contributed by atoms with Gasteiger partial charge in [0.15, 0.2) is 0 Å². The number of thiophene rings is 1. The number of fused-ring (bicyclic) bond motifs is 9. The van der Waals surface area contributed by atoms with Crippen molar-refractivity contribution in [3.05, 3.63) is 140 Å². The molecule has 0 amide bonds. The summed E-state index contributed by atoms with van der Waals surface area (Å²) in [6.07, 6.45) is 1.83. The minimum atomic E-state index is 0.614. The minimum absolute atomic E-state index is 0.614. The van der Waals surface area contributed by atoms with E-state index in [4.69, 9.17) is 14.4 Å². The molecule has 45 heavy (non-hydrogen) atoms. The second-order valence-corrected chi connectivity index (χ2v) is 12.4. The van der Waals surface area contributed by atoms with Crippen molar-refractivity contribution in [3.63, 3.8) is 0 Å². The van der Waals surface area contributed by atoms with E-state index < -0.39 is 0 Å². The average molecular weight is 594 g/mol. The number of aromatic nitrogens is 3. The first kappa shape index (κ1) is 24.6. The number of hydrogen-bond acceptors (Lipinski definition) is 4. The van der Waals surface area contributed by atoms with Gasteiger partial charge in [0.05, 0.1) is 5.52 Å². The molecular weight excluding hydrogens is 571 g/mol. The Labute approximate surface area is 261 Å². The fourth-order valence-electron chi connectivity index (χ4n) is 6.88. The van der Waals surface area contributed by atoms with Crippen molar-refractivity contribution in [2.45, 2.75) is 0 Å². The summed E-state index contributed by atoms with van der Waals surface area (Å²) in [6, 6.07) is 47.1. The molecule has 0 atom stereocenters. The average Bonchev–Trinajstić information content (AvgIpc) is 3.77. The van der Waals surface area contributed by atoms with Gasteiger partial charge in [-0.3, -0.25) is 4.57 Å². The molecule has 5 heterocycles. The van der Waals surface area contributed by atoms with Crippen LogP contribution in [0.1, 0.15) is 0 Å². The first-order chi connectivity index (χ1) is 22.3. The third-order valence-electron chi connectivity index (χ3n) is 8.90. The number of para-hydroxylation sites is 2. The Morgan fingerprint density at radius 3 is 2.22 bits per heavy atom. The molecule has 0 saturated heterocycles. The molecular formula is C40H23N3OS. The van der Waals surface area contributed by atoms with E-state index in [9.17, 15) is 0 Å². The van der Waals surface area contributed by atoms with E-state index in [1.165, 1.54) is 31.3 Å². The van der Waals surface area contributed by atoms with E-state index in [1.807, 2.05) is 23.6 Å². The summed E-state index contributed by atoms with van der Waals surface area (Å²) in [4.78, 5) is 9.80. The van der Waals surface area contributed by atoms with Crippen LogP contribution in [-0.2, 0) is 0 Å². The van der Waals surface area contributed by atoms with Gasteiger partial charge in [-0.2, -0.15) is 4.98 Å². The second kappa shape index (κ2) is 9.36. The SMILES string of the molecule is c1cc(-c2cccc3c2oc2nc(-n4c5ccccc5c5cccnc54)ccc23)cc(-c2cccc3c2sc2ccccc23)c1. The van der Waals surface area contributed by atoms with Gasteiger partial charge in [-0.05, 0) is 59.2 Å². The van der Waals surface area contributed by atoms with Crippen LogP contribution in [0, 0.1) is 0 Å². The molecule has 0 unspecified atom stereocenters. The van der Waals surface area contributed by atoms with Crippen molar-refractivity contribution >= 4 is 75.5 Å². The summed E-state index contributed by atoms with van der Waals surface area (Å²) >= 11 is 1.86. The predicted molar refractivity (Wildman–Crippen MR) is 187 cm³/mol. The van der Waals surface area contributed by atoms with Crippen molar-refractivity contribution in [2.75, 3.05) is 0 Å². The third kappa shape index (κ3) is 3.59. The highest BCUT2D eigenvalue weighted by atomic mass is 32.1. The van der Waals surface area contributed by atoms with Gasteiger partial charge in [0.1, 0.15) is 17.0 Å². The van der Waals surface area contributed by atoms with Gasteiger partial charge < -0.3 is 4.42 Å². The van der Waals surface area contributed by atoms with Gasteiger partial charge >= 0.3 is 0 Å². The van der Waals surface area contributed by atoms with Crippen LogP contribution < -0.4 is 0 Å². The fourth-order valence-corrected chi connectivity index (χ4v) is 8.12. The van der Waals surface area contributed by atoms with Gasteiger partial charge in [-0.15, -0.1) is 11.3 Å². The highest BCUT2D eigenvalue weighted by molar-refractivity contribution is 7.26. The van der Waals surface area contributed by atoms with Crippen LogP contribution in [-0.4, -0.2) is 14.5 Å². The molecule has 210 valence electrons. The minimum Gasteiger partial charge on any atom is -0.437 e. The number of rotatable bonds is 3. The number of hydrogen-bond donors (Lipinski definition) is 0. The second-order valence-electron chi connectivity index (χ2n) is 11.4. The smallest absolute Gasteiger partial charge is 0.229 e. The lowest BCUT2D eigenvalue weighted by molar-refractivity contribution is 0.654. The maximum absolute atomic E-state index is 6.61. The molecule has 0 aliphatic rings. The Balaban J connectivity index is 1.14. The van der Waals surface area contributed by atoms with E-state index in [-0.39, 0.29) is 0 Å². The molecule has 0 aliphatic carbocycles. The van der Waals surface area contributed by atoms with E-state index in [0.29, 0.717) is 5.71 Å². The summed E-state index contributed by atoms with van der Waals surface area (Å²) in [5.74, 6) is 0.784. The monoisotopic (exact) mass is 593 g/mol. The molecule has 0 aliphatic heterocycles. The number of benzene rings is 5. The normalized spacial score (nSPS) is 12.0. The summed E-state index contributed by atoms with van der Waals surface area (Å²) in [7, 11) is 0. The zero-order valence-electron chi connectivity index (χ0n) is 23.9. The molecule has 10 aromatic rings. The van der Waals surface area contributed by atoms with E-state index in [1.54, 1.807) is 0 Å². The van der Waals surface area contributed by atoms with E-state index >= 15 is 0 Å². The zero-order chi connectivity index (χ0) is 29.5. The van der Waals surface area contributed by atoms with Crippen LogP contribution in [0.2, 0.25) is 0 Å². The standard InChI is InChI=1S/C40H23N3OS/c1-3-18-34-28(11-1)32-17-8-22-41-39(32)43(34)36-21-20-33-30-15-6-13-26(37(30)44-40(33)42-36)24-9-5-10-25(23-24)27-14-7-16-31-29-12-2-4-19-35(29)45-38(27)31/h1-23H. The van der Waals surface area contributed by atoms with Crippen molar-refractivity contribution in [2.24, 2.45) is 0 Å². The number of furan rings is 1. The molecule has 0 bridgehead atoms. The lowest BCUT2D eigenvalue weighted by Crippen LogP contribution is -1.98. The summed E-state index contributed by atoms with van der Waals surface area (Å²) in [5, 5.41) is 6.92. The zero-order valence-corrected chi connectivity index (χ0v) is 24.8. The fraction of sp³-hybridized carbons (Fsp3) is 0. The highest BCUT2D eigenvalue weighted by Gasteiger charge is 2.18. The van der Waals surface area contributed by atoms with Crippen molar-refractivity contribution < 1.29 is 4.42 Å². The van der Waals surface area contributed by atoms with Gasteiger partial charge in [0.25, 0.3) is 0 Å². The molecule has 0 spiro atoms. The van der Waals surface area contributed by atoms with Crippen LogP contribution in [0.5, 0.6) is 0 Å². The molecule has 0 fully saturated rings. The predicted octanol–water partition coefficient (Wildman–Crippen LogP) is 11.2. The Bertz CT molecular complexity index is 2730. The number of pyridine rings is 2. The molecule has 10 rings (SSSR count). The maximum atomic E-state index is 6.61. The van der Waals surface area contributed by atoms with Gasteiger partial charge in [0.2, 0.25) is 5.71 Å². The van der Waals surface area contributed by atoms with Crippen molar-refractivity contribution in [1.82, 2.24) is 14.5 Å². The molecule has 5 aromatic carbocycles. The topological polar surface area (TPSA) is 43.9 Å². The third-order valence-corrected chi connectivity index (χ3v) is 10.1. The molecule has 0 saturated carbocycles. The Morgan fingerprint density at radius 1 is 0.556 bits per heavy atom. The van der Waals surface area contributed by atoms with Crippen LogP contribution in [0.4, 0.5) is 0 Å². The summed E-state index contributed by atoms with van der Waals surface area (Å²) in [6.45, 7) is 0. The Hall–Kier alpha value is -5.78. The lowest BCUT2D eigenvalue weighted by Gasteiger charge is -2.08. The van der Waals surface area contributed by atoms with Crippen molar-refractivity contribution in [3.8, 4) is 28.1 Å². The largest absolute Gasteiger partial charge is 0.437 e. The Kier molecular flexibility index (Phi) is 5.12. The molecule has 0 radical (unpaired) electrons. The maximum Gasteiger partial charge on any atom is 0.229 e. The van der Waals surface area contributed by atoms with Crippen LogP contribution in [0.3, 0.4) is 0 Å². The van der Waals surface area contributed by atoms with E-state index in [0.717, 1.165) is 55.2 Å². The first-order valence-electron chi connectivity index (χ1n) is 15.0. The van der Waals surface area contributed by atoms with Crippen LogP contribution >= 0.6 is 11.3 Å². The Morgan fingerprint density at radius 2 is 1.29 bits per heavy atom. The summed E-state index contributed by atoms with van der Waals surface area (Å²) in [5.41, 5.74) is 8.01. The van der Waals surface area contributed by atoms with Crippen LogP contribution in [0.25, 0.3) is 92.2 Å². The van der Waals surface area contributed by atoms with Gasteiger partial charge in [-0.25, -0.2) is 4.98 Å². The van der Waals surface area contributed by atoms with E-state index in [2.05, 4.69) is 132 Å². The van der Waals surface area contributed by atoms with Gasteiger partial charge in [-0.1, -0.05) is 91.0 Å². The quantitative estimate of drug-likeness (QED) is 0.205. The molecule has 0 N–H and O–H groups in total. The molecule has 5 heteroatoms. The first-order valence-corrected chi connectivity index (χ1v) is 15.8. The molecule has 5 aromatic heterocycles. The van der Waals surface area contributed by atoms with Crippen LogP contribution in [0.15, 0.2) is 144 Å².